The Kier molecular flexibility index (Phi) is 7.96. The lowest BCUT2D eigenvalue weighted by atomic mass is 10.0. The van der Waals surface area contributed by atoms with Gasteiger partial charge in [-0.25, -0.2) is 0 Å². The third kappa shape index (κ3) is 5.50. The highest BCUT2D eigenvalue weighted by atomic mass is 16.5. The third-order valence-corrected chi connectivity index (χ3v) is 8.85. The fourth-order valence-corrected chi connectivity index (χ4v) is 6.53. The molecule has 3 aliphatic rings. The van der Waals surface area contributed by atoms with Gasteiger partial charge >= 0.3 is 6.01 Å². The third-order valence-electron chi connectivity index (χ3n) is 8.85. The minimum absolute atomic E-state index is 0.159. The number of nitrogens with zero attached hydrogens (tertiary/aromatic N) is 7. The van der Waals surface area contributed by atoms with Crippen LogP contribution in [0.2, 0.25) is 0 Å². The van der Waals surface area contributed by atoms with Crippen LogP contribution in [0.15, 0.2) is 49.1 Å². The summed E-state index contributed by atoms with van der Waals surface area (Å²) in [7, 11) is 2.12. The van der Waals surface area contributed by atoms with Crippen molar-refractivity contribution in [3.8, 4) is 17.8 Å². The summed E-state index contributed by atoms with van der Waals surface area (Å²) in [6, 6.07) is 14.5. The van der Waals surface area contributed by atoms with E-state index in [9.17, 15) is 15.2 Å². The second kappa shape index (κ2) is 12.0. The molecule has 2 aromatic carbocycles. The van der Waals surface area contributed by atoms with Crippen LogP contribution in [-0.4, -0.2) is 87.6 Å². The molecule has 3 aliphatic heterocycles. The van der Waals surface area contributed by atoms with Gasteiger partial charge in [-0.1, -0.05) is 36.9 Å². The van der Waals surface area contributed by atoms with E-state index in [1.165, 1.54) is 6.08 Å². The lowest BCUT2D eigenvalue weighted by molar-refractivity contribution is -0.128. The summed E-state index contributed by atoms with van der Waals surface area (Å²) in [4.78, 5) is 30.8. The number of carbonyl (C=O) groups is 1. The molecule has 1 amide bonds. The molecule has 6 rings (SSSR count). The number of rotatable bonds is 8. The number of likely N-dealkylation sites (N-methyl/N-ethyl adjacent to an activating group) is 1. The van der Waals surface area contributed by atoms with Crippen LogP contribution in [0.3, 0.4) is 0 Å². The van der Waals surface area contributed by atoms with Gasteiger partial charge in [-0.15, -0.1) is 0 Å². The largest absolute Gasteiger partial charge is 0.508 e. The van der Waals surface area contributed by atoms with Crippen molar-refractivity contribution < 1.29 is 14.6 Å². The highest BCUT2D eigenvalue weighted by Gasteiger charge is 2.34. The van der Waals surface area contributed by atoms with Gasteiger partial charge in [0.2, 0.25) is 5.91 Å². The van der Waals surface area contributed by atoms with Crippen LogP contribution >= 0.6 is 0 Å². The van der Waals surface area contributed by atoms with Gasteiger partial charge in [-0.2, -0.15) is 15.2 Å². The first-order chi connectivity index (χ1) is 20.4. The number of hydrogen-bond donors (Lipinski definition) is 1. The zero-order chi connectivity index (χ0) is 29.2. The number of carbonyl (C=O) groups excluding carboxylic acids is 1. The number of aromatic hydroxyl groups is 1. The zero-order valence-corrected chi connectivity index (χ0v) is 24.1. The molecule has 0 bridgehead atoms. The molecule has 1 N–H and O–H groups in total. The molecule has 2 unspecified atom stereocenters. The average Bonchev–Trinajstić information content (AvgIpc) is 3.61. The van der Waals surface area contributed by atoms with Gasteiger partial charge in [0, 0.05) is 56.4 Å². The average molecular weight is 568 g/mol. The molecule has 1 aromatic heterocycles. The Balaban J connectivity index is 1.29. The molecule has 2 atom stereocenters. The summed E-state index contributed by atoms with van der Waals surface area (Å²) in [5, 5.41) is 22.4. The number of fused-ring (bicyclic) bond motifs is 2. The number of anilines is 1. The molecule has 4 heterocycles. The van der Waals surface area contributed by atoms with Gasteiger partial charge in [0.1, 0.15) is 18.2 Å². The molecule has 0 aliphatic carbocycles. The predicted octanol–water partition coefficient (Wildman–Crippen LogP) is 3.44. The predicted molar refractivity (Wildman–Crippen MR) is 160 cm³/mol. The van der Waals surface area contributed by atoms with Gasteiger partial charge in [0.25, 0.3) is 0 Å². The van der Waals surface area contributed by atoms with E-state index >= 15 is 0 Å². The van der Waals surface area contributed by atoms with E-state index < -0.39 is 0 Å². The number of nitriles is 1. The van der Waals surface area contributed by atoms with E-state index in [4.69, 9.17) is 14.7 Å². The molecule has 0 saturated carbocycles. The first kappa shape index (κ1) is 27.9. The van der Waals surface area contributed by atoms with Crippen LogP contribution in [0.5, 0.6) is 11.8 Å². The quantitative estimate of drug-likeness (QED) is 0.410. The number of piperazine rings is 1. The number of hydrogen-bond acceptors (Lipinski definition) is 9. The molecule has 42 heavy (non-hydrogen) atoms. The summed E-state index contributed by atoms with van der Waals surface area (Å²) >= 11 is 0. The van der Waals surface area contributed by atoms with Gasteiger partial charge in [0.05, 0.1) is 24.2 Å². The van der Waals surface area contributed by atoms with E-state index in [0.717, 1.165) is 52.8 Å². The maximum atomic E-state index is 12.5. The number of ether oxygens (including phenoxy) is 1. The van der Waals surface area contributed by atoms with Crippen molar-refractivity contribution in [2.75, 3.05) is 44.7 Å². The lowest BCUT2D eigenvalue weighted by Gasteiger charge is -2.41. The SMILES string of the molecule is C=CC(=O)N1CCN(c2nc(OCC3CCCN3C)nc3c2CN(Cc2c(O)ccc4ccccc24)C3)CC1CC#N. The van der Waals surface area contributed by atoms with Crippen LogP contribution in [0.1, 0.15) is 36.1 Å². The second-order valence-corrected chi connectivity index (χ2v) is 11.5. The number of likely N-dealkylation sites (tertiary alicyclic amines) is 1. The summed E-state index contributed by atoms with van der Waals surface area (Å²) in [6.07, 6.45) is 3.79. The molecule has 10 heteroatoms. The molecule has 0 radical (unpaired) electrons. The van der Waals surface area contributed by atoms with E-state index in [1.807, 2.05) is 24.3 Å². The van der Waals surface area contributed by atoms with E-state index in [-0.39, 0.29) is 24.1 Å². The standard InChI is InChI=1S/C32H37N7O3/c1-3-30(41)39-16-15-38(17-23(39)12-13-33)31-27-19-37(18-26-25-9-5-4-7-22(25)10-11-29(26)40)20-28(27)34-32(35-31)42-21-24-8-6-14-36(24)2/h3-5,7,9-11,23-24,40H,1,6,8,12,14-21H2,2H3. The number of amides is 1. The molecule has 2 fully saturated rings. The van der Waals surface area contributed by atoms with Crippen LogP contribution in [-0.2, 0) is 24.4 Å². The monoisotopic (exact) mass is 567 g/mol. The number of phenolic OH excluding ortho intramolecular Hbond substituents is 1. The Labute approximate surface area is 246 Å². The fraction of sp³-hybridized carbons (Fsp3) is 0.438. The van der Waals surface area contributed by atoms with Crippen molar-refractivity contribution in [3.63, 3.8) is 0 Å². The lowest BCUT2D eigenvalue weighted by Crippen LogP contribution is -2.55. The summed E-state index contributed by atoms with van der Waals surface area (Å²) in [6.45, 7) is 8.57. The van der Waals surface area contributed by atoms with Crippen LogP contribution in [0.4, 0.5) is 5.82 Å². The molecule has 0 spiro atoms. The van der Waals surface area contributed by atoms with Gasteiger partial charge < -0.3 is 24.5 Å². The minimum atomic E-state index is -0.262. The molecule has 218 valence electrons. The zero-order valence-electron chi connectivity index (χ0n) is 24.1. The Morgan fingerprint density at radius 3 is 2.81 bits per heavy atom. The van der Waals surface area contributed by atoms with Crippen LogP contribution < -0.4 is 9.64 Å². The van der Waals surface area contributed by atoms with Crippen LogP contribution in [0.25, 0.3) is 10.8 Å². The molecular weight excluding hydrogens is 530 g/mol. The van der Waals surface area contributed by atoms with E-state index in [0.29, 0.717) is 57.9 Å². The van der Waals surface area contributed by atoms with Crippen molar-refractivity contribution in [2.45, 2.75) is 51.0 Å². The number of phenols is 1. The maximum Gasteiger partial charge on any atom is 0.318 e. The molecule has 3 aromatic rings. The maximum absolute atomic E-state index is 12.5. The second-order valence-electron chi connectivity index (χ2n) is 11.5. The van der Waals surface area contributed by atoms with Gasteiger partial charge in [0.15, 0.2) is 0 Å². The highest BCUT2D eigenvalue weighted by molar-refractivity contribution is 5.88. The number of benzene rings is 2. The molecular formula is C32H37N7O3. The Morgan fingerprint density at radius 2 is 2.02 bits per heavy atom. The summed E-state index contributed by atoms with van der Waals surface area (Å²) < 4.78 is 6.22. The fourth-order valence-electron chi connectivity index (χ4n) is 6.53. The molecule has 2 saturated heterocycles. The smallest absolute Gasteiger partial charge is 0.318 e. The van der Waals surface area contributed by atoms with E-state index in [1.54, 1.807) is 11.0 Å². The summed E-state index contributed by atoms with van der Waals surface area (Å²) in [5.41, 5.74) is 2.83. The molecule has 10 nitrogen and oxygen atoms in total. The highest BCUT2D eigenvalue weighted by Crippen LogP contribution is 2.36. The van der Waals surface area contributed by atoms with Gasteiger partial charge in [-0.3, -0.25) is 9.69 Å². The van der Waals surface area contributed by atoms with Crippen molar-refractivity contribution in [3.05, 3.63) is 65.9 Å². The van der Waals surface area contributed by atoms with Crippen molar-refractivity contribution >= 4 is 22.5 Å². The normalized spacial score (nSPS) is 21.0. The Hall–Kier alpha value is -4.20. The first-order valence-electron chi connectivity index (χ1n) is 14.6. The van der Waals surface area contributed by atoms with Crippen LogP contribution in [0, 0.1) is 11.3 Å². The summed E-state index contributed by atoms with van der Waals surface area (Å²) in [5.74, 6) is 0.921. The Bertz CT molecular complexity index is 1540. The van der Waals surface area contributed by atoms with E-state index in [2.05, 4.69) is 40.5 Å². The minimum Gasteiger partial charge on any atom is -0.508 e. The first-order valence-corrected chi connectivity index (χ1v) is 14.6. The van der Waals surface area contributed by atoms with Gasteiger partial charge in [-0.05, 0) is 49.3 Å². The van der Waals surface area contributed by atoms with Crippen molar-refractivity contribution in [1.82, 2.24) is 24.7 Å². The Morgan fingerprint density at radius 1 is 1.17 bits per heavy atom. The van der Waals surface area contributed by atoms with Crippen molar-refractivity contribution in [2.24, 2.45) is 0 Å². The topological polar surface area (TPSA) is 109 Å². The number of aromatic nitrogens is 2. The van der Waals surface area contributed by atoms with Crippen molar-refractivity contribution in [1.29, 1.82) is 5.26 Å².